The first-order valence-electron chi connectivity index (χ1n) is 6.61. The summed E-state index contributed by atoms with van der Waals surface area (Å²) in [5.41, 5.74) is 1.04. The molecule has 0 spiro atoms. The van der Waals surface area contributed by atoms with Crippen LogP contribution in [0.4, 0.5) is 13.2 Å². The molecule has 3 rings (SSSR count). The first-order valence-corrected chi connectivity index (χ1v) is 6.61. The Balaban J connectivity index is 2.22. The maximum Gasteiger partial charge on any atom is 0.435 e. The summed E-state index contributed by atoms with van der Waals surface area (Å²) in [6, 6.07) is 13.3. The normalized spacial score (nSPS) is 11.6. The lowest BCUT2D eigenvalue weighted by Gasteiger charge is -2.07. The van der Waals surface area contributed by atoms with Crippen molar-refractivity contribution in [3.05, 3.63) is 66.0 Å². The molecule has 0 aliphatic rings. The lowest BCUT2D eigenvalue weighted by molar-refractivity contribution is -0.141. The third-order valence-electron chi connectivity index (χ3n) is 3.18. The van der Waals surface area contributed by atoms with E-state index in [9.17, 15) is 13.2 Å². The zero-order valence-corrected chi connectivity index (χ0v) is 11.7. The van der Waals surface area contributed by atoms with Gasteiger partial charge in [0.1, 0.15) is 0 Å². The zero-order valence-electron chi connectivity index (χ0n) is 11.7. The van der Waals surface area contributed by atoms with E-state index in [0.717, 1.165) is 11.6 Å². The van der Waals surface area contributed by atoms with Gasteiger partial charge in [-0.05, 0) is 31.2 Å². The van der Waals surface area contributed by atoms with Crippen LogP contribution in [0.5, 0.6) is 0 Å². The molecule has 0 aliphatic carbocycles. The van der Waals surface area contributed by atoms with Gasteiger partial charge in [-0.2, -0.15) is 18.3 Å². The summed E-state index contributed by atoms with van der Waals surface area (Å²) in [5.74, 6) is 0.342. The van der Waals surface area contributed by atoms with Gasteiger partial charge in [-0.3, -0.25) is 0 Å². The summed E-state index contributed by atoms with van der Waals surface area (Å²) in [5, 5.41) is 3.69. The van der Waals surface area contributed by atoms with Crippen LogP contribution in [-0.2, 0) is 6.18 Å². The standard InChI is InChI=1S/C16H12F3N3/c1-11-5-4-6-12(9-11)13-10-14(16(17,18)19)21-22(13)15-7-2-3-8-20-15/h2-10H,1H3. The molecule has 0 saturated carbocycles. The SMILES string of the molecule is Cc1cccc(-c2cc(C(F)(F)F)nn2-c2ccccn2)c1. The minimum absolute atomic E-state index is 0.342. The van der Waals surface area contributed by atoms with E-state index in [1.807, 2.05) is 19.1 Å². The van der Waals surface area contributed by atoms with Crippen LogP contribution in [0.15, 0.2) is 54.7 Å². The number of aromatic nitrogens is 3. The van der Waals surface area contributed by atoms with Gasteiger partial charge in [-0.25, -0.2) is 9.67 Å². The van der Waals surface area contributed by atoms with E-state index in [0.29, 0.717) is 17.1 Å². The second-order valence-electron chi connectivity index (χ2n) is 4.88. The lowest BCUT2D eigenvalue weighted by Crippen LogP contribution is -2.08. The van der Waals surface area contributed by atoms with Crippen LogP contribution in [0.25, 0.3) is 17.1 Å². The number of halogens is 3. The highest BCUT2D eigenvalue weighted by atomic mass is 19.4. The molecule has 0 radical (unpaired) electrons. The van der Waals surface area contributed by atoms with Gasteiger partial charge < -0.3 is 0 Å². The maximum atomic E-state index is 13.0. The van der Waals surface area contributed by atoms with Crippen molar-refractivity contribution in [1.29, 1.82) is 0 Å². The summed E-state index contributed by atoms with van der Waals surface area (Å²) >= 11 is 0. The molecule has 1 aromatic carbocycles. The van der Waals surface area contributed by atoms with Gasteiger partial charge in [-0.1, -0.05) is 29.8 Å². The number of alkyl halides is 3. The van der Waals surface area contributed by atoms with Crippen molar-refractivity contribution in [2.75, 3.05) is 0 Å². The molecule has 0 N–H and O–H groups in total. The number of hydrogen-bond acceptors (Lipinski definition) is 2. The highest BCUT2D eigenvalue weighted by Gasteiger charge is 2.35. The highest BCUT2D eigenvalue weighted by molar-refractivity contribution is 5.63. The van der Waals surface area contributed by atoms with Crippen LogP contribution < -0.4 is 0 Å². The van der Waals surface area contributed by atoms with Gasteiger partial charge in [0.2, 0.25) is 0 Å². The number of nitrogens with zero attached hydrogens (tertiary/aromatic N) is 3. The third kappa shape index (κ3) is 2.72. The molecule has 0 aliphatic heterocycles. The van der Waals surface area contributed by atoms with Gasteiger partial charge in [0.15, 0.2) is 11.5 Å². The molecular weight excluding hydrogens is 291 g/mol. The van der Waals surface area contributed by atoms with Crippen LogP contribution in [0.1, 0.15) is 11.3 Å². The summed E-state index contributed by atoms with van der Waals surface area (Å²) < 4.78 is 40.2. The Morgan fingerprint density at radius 1 is 1.00 bits per heavy atom. The smallest absolute Gasteiger partial charge is 0.237 e. The molecule has 0 fully saturated rings. The Kier molecular flexibility index (Phi) is 3.44. The first-order chi connectivity index (χ1) is 10.4. The van der Waals surface area contributed by atoms with Crippen LogP contribution in [0.3, 0.4) is 0 Å². The minimum atomic E-state index is -4.50. The van der Waals surface area contributed by atoms with E-state index in [2.05, 4.69) is 10.1 Å². The van der Waals surface area contributed by atoms with E-state index in [1.54, 1.807) is 30.3 Å². The molecule has 0 atom stereocenters. The van der Waals surface area contributed by atoms with Gasteiger partial charge in [0, 0.05) is 11.8 Å². The van der Waals surface area contributed by atoms with Crippen LogP contribution in [-0.4, -0.2) is 14.8 Å². The van der Waals surface area contributed by atoms with Crippen molar-refractivity contribution in [2.45, 2.75) is 13.1 Å². The number of pyridine rings is 1. The highest BCUT2D eigenvalue weighted by Crippen LogP contribution is 2.33. The molecule has 2 aromatic heterocycles. The molecule has 0 bridgehead atoms. The van der Waals surface area contributed by atoms with Crippen LogP contribution in [0, 0.1) is 6.92 Å². The number of hydrogen-bond donors (Lipinski definition) is 0. The Hall–Kier alpha value is -2.63. The maximum absolute atomic E-state index is 13.0. The molecule has 0 amide bonds. The Bertz CT molecular complexity index is 792. The molecule has 3 nitrogen and oxygen atoms in total. The zero-order chi connectivity index (χ0) is 15.7. The lowest BCUT2D eigenvalue weighted by atomic mass is 10.1. The second-order valence-corrected chi connectivity index (χ2v) is 4.88. The first kappa shape index (κ1) is 14.3. The summed E-state index contributed by atoms with van der Waals surface area (Å²) in [4.78, 5) is 4.09. The second kappa shape index (κ2) is 5.29. The average Bonchev–Trinajstić information content (AvgIpc) is 2.93. The summed E-state index contributed by atoms with van der Waals surface area (Å²) in [7, 11) is 0. The van der Waals surface area contributed by atoms with E-state index in [-0.39, 0.29) is 0 Å². The fraction of sp³-hybridized carbons (Fsp3) is 0.125. The summed E-state index contributed by atoms with van der Waals surface area (Å²) in [6.45, 7) is 1.88. The van der Waals surface area contributed by atoms with E-state index in [4.69, 9.17) is 0 Å². The molecular formula is C16H12F3N3. The van der Waals surface area contributed by atoms with Crippen LogP contribution >= 0.6 is 0 Å². The van der Waals surface area contributed by atoms with Gasteiger partial charge in [0.05, 0.1) is 5.69 Å². The Labute approximate surface area is 125 Å². The number of benzene rings is 1. The van der Waals surface area contributed by atoms with E-state index >= 15 is 0 Å². The van der Waals surface area contributed by atoms with Gasteiger partial charge >= 0.3 is 6.18 Å². The molecule has 2 heterocycles. The molecule has 3 aromatic rings. The molecule has 112 valence electrons. The van der Waals surface area contributed by atoms with Crippen molar-refractivity contribution >= 4 is 0 Å². The van der Waals surface area contributed by atoms with Gasteiger partial charge in [-0.15, -0.1) is 0 Å². The Morgan fingerprint density at radius 2 is 1.82 bits per heavy atom. The minimum Gasteiger partial charge on any atom is -0.237 e. The predicted octanol–water partition coefficient (Wildman–Crippen LogP) is 4.26. The number of aryl methyl sites for hydroxylation is 1. The quantitative estimate of drug-likeness (QED) is 0.708. The average molecular weight is 303 g/mol. The number of rotatable bonds is 2. The van der Waals surface area contributed by atoms with Crippen molar-refractivity contribution in [3.63, 3.8) is 0 Å². The Morgan fingerprint density at radius 3 is 2.45 bits per heavy atom. The molecule has 22 heavy (non-hydrogen) atoms. The molecule has 6 heteroatoms. The van der Waals surface area contributed by atoms with Crippen LogP contribution in [0.2, 0.25) is 0 Å². The fourth-order valence-corrected chi connectivity index (χ4v) is 2.18. The van der Waals surface area contributed by atoms with Crippen molar-refractivity contribution in [1.82, 2.24) is 14.8 Å². The third-order valence-corrected chi connectivity index (χ3v) is 3.18. The van der Waals surface area contributed by atoms with Crippen molar-refractivity contribution in [3.8, 4) is 17.1 Å². The largest absolute Gasteiger partial charge is 0.435 e. The van der Waals surface area contributed by atoms with Crippen molar-refractivity contribution < 1.29 is 13.2 Å². The monoisotopic (exact) mass is 303 g/mol. The van der Waals surface area contributed by atoms with E-state index in [1.165, 1.54) is 10.9 Å². The predicted molar refractivity (Wildman–Crippen MR) is 76.5 cm³/mol. The molecule has 0 unspecified atom stereocenters. The molecule has 0 saturated heterocycles. The fourth-order valence-electron chi connectivity index (χ4n) is 2.18. The van der Waals surface area contributed by atoms with Crippen molar-refractivity contribution in [2.24, 2.45) is 0 Å². The topological polar surface area (TPSA) is 30.7 Å². The summed E-state index contributed by atoms with van der Waals surface area (Å²) in [6.07, 6.45) is -2.98. The van der Waals surface area contributed by atoms with E-state index < -0.39 is 11.9 Å². The van der Waals surface area contributed by atoms with Gasteiger partial charge in [0.25, 0.3) is 0 Å².